The van der Waals surface area contributed by atoms with E-state index >= 15 is 0 Å². The van der Waals surface area contributed by atoms with Gasteiger partial charge in [-0.05, 0) is 30.7 Å². The number of furan rings is 1. The van der Waals surface area contributed by atoms with Crippen molar-refractivity contribution in [1.82, 2.24) is 15.1 Å². The average Bonchev–Trinajstić information content (AvgIpc) is 3.07. The summed E-state index contributed by atoms with van der Waals surface area (Å²) < 4.78 is 5.17. The van der Waals surface area contributed by atoms with Crippen LogP contribution in [-0.2, 0) is 13.1 Å². The highest BCUT2D eigenvalue weighted by molar-refractivity contribution is 5.94. The Labute approximate surface area is 149 Å². The Morgan fingerprint density at radius 3 is 2.28 bits per heavy atom. The van der Waals surface area contributed by atoms with Gasteiger partial charge in [0.2, 0.25) is 0 Å². The third-order valence-corrected chi connectivity index (χ3v) is 4.90. The lowest BCUT2D eigenvalue weighted by molar-refractivity contribution is 0.0949. The molecule has 1 amide bonds. The number of aryl methyl sites for hydroxylation is 1. The molecule has 2 aromatic rings. The van der Waals surface area contributed by atoms with Gasteiger partial charge in [-0.1, -0.05) is 31.2 Å². The molecular formula is C20H27N3O2. The zero-order valence-electron chi connectivity index (χ0n) is 15.1. The van der Waals surface area contributed by atoms with Crippen molar-refractivity contribution in [2.45, 2.75) is 26.9 Å². The van der Waals surface area contributed by atoms with E-state index in [0.29, 0.717) is 17.9 Å². The van der Waals surface area contributed by atoms with Crippen molar-refractivity contribution in [2.75, 3.05) is 32.7 Å². The van der Waals surface area contributed by atoms with Crippen molar-refractivity contribution in [3.05, 3.63) is 59.0 Å². The summed E-state index contributed by atoms with van der Waals surface area (Å²) in [5.74, 6) is 0.556. The number of piperazine rings is 1. The Morgan fingerprint density at radius 2 is 1.68 bits per heavy atom. The van der Waals surface area contributed by atoms with E-state index in [4.69, 9.17) is 4.42 Å². The van der Waals surface area contributed by atoms with Gasteiger partial charge in [-0.3, -0.25) is 9.69 Å². The van der Waals surface area contributed by atoms with E-state index in [-0.39, 0.29) is 5.91 Å². The minimum absolute atomic E-state index is 0.0934. The lowest BCUT2D eigenvalue weighted by atomic mass is 10.1. The largest absolute Gasteiger partial charge is 0.469 e. The summed E-state index contributed by atoms with van der Waals surface area (Å²) in [6.45, 7) is 11.3. The Kier molecular flexibility index (Phi) is 5.89. The predicted octanol–water partition coefficient (Wildman–Crippen LogP) is 2.66. The van der Waals surface area contributed by atoms with Crippen LogP contribution in [0.25, 0.3) is 0 Å². The van der Waals surface area contributed by atoms with Gasteiger partial charge >= 0.3 is 0 Å². The Hall–Kier alpha value is -2.11. The van der Waals surface area contributed by atoms with E-state index < -0.39 is 0 Å². The van der Waals surface area contributed by atoms with Crippen LogP contribution < -0.4 is 5.32 Å². The standard InChI is InChI=1S/C20H27N3O2/c1-3-22-9-11-23(12-10-22)15-18-6-4-17(5-7-18)14-21-20(24)19-8-13-25-16(19)2/h4-8,13H,3,9-12,14-15H2,1-2H3,(H,21,24). The fourth-order valence-corrected chi connectivity index (χ4v) is 3.18. The van der Waals surface area contributed by atoms with Gasteiger partial charge in [0.1, 0.15) is 5.76 Å². The van der Waals surface area contributed by atoms with Crippen LogP contribution >= 0.6 is 0 Å². The Bertz CT molecular complexity index is 685. The number of rotatable bonds is 6. The molecule has 1 aromatic carbocycles. The van der Waals surface area contributed by atoms with E-state index in [0.717, 1.165) is 44.8 Å². The molecule has 0 radical (unpaired) electrons. The summed E-state index contributed by atoms with van der Waals surface area (Å²) in [5, 5.41) is 2.94. The van der Waals surface area contributed by atoms with Crippen molar-refractivity contribution < 1.29 is 9.21 Å². The summed E-state index contributed by atoms with van der Waals surface area (Å²) in [4.78, 5) is 17.1. The molecular weight excluding hydrogens is 314 g/mol. The highest BCUT2D eigenvalue weighted by Crippen LogP contribution is 2.11. The van der Waals surface area contributed by atoms with Gasteiger partial charge < -0.3 is 14.6 Å². The molecule has 0 aliphatic carbocycles. The van der Waals surface area contributed by atoms with Crippen LogP contribution in [0.3, 0.4) is 0 Å². The zero-order valence-corrected chi connectivity index (χ0v) is 15.1. The number of carbonyl (C=O) groups excluding carboxylic acids is 1. The van der Waals surface area contributed by atoms with E-state index in [2.05, 4.69) is 46.3 Å². The maximum Gasteiger partial charge on any atom is 0.255 e. The zero-order chi connectivity index (χ0) is 17.6. The highest BCUT2D eigenvalue weighted by Gasteiger charge is 2.15. The summed E-state index contributed by atoms with van der Waals surface area (Å²) in [6, 6.07) is 10.2. The molecule has 1 aromatic heterocycles. The molecule has 3 rings (SSSR count). The minimum Gasteiger partial charge on any atom is -0.469 e. The molecule has 0 atom stereocenters. The second kappa shape index (κ2) is 8.32. The molecule has 25 heavy (non-hydrogen) atoms. The van der Waals surface area contributed by atoms with Gasteiger partial charge in [0.05, 0.1) is 11.8 Å². The summed E-state index contributed by atoms with van der Waals surface area (Å²) in [5.41, 5.74) is 3.03. The molecule has 1 aliphatic heterocycles. The molecule has 0 unspecified atom stereocenters. The number of nitrogens with one attached hydrogen (secondary N) is 1. The molecule has 0 spiro atoms. The van der Waals surface area contributed by atoms with Crippen LogP contribution in [0.1, 0.15) is 34.2 Å². The van der Waals surface area contributed by atoms with Gasteiger partial charge in [0.15, 0.2) is 0 Å². The SMILES string of the molecule is CCN1CCN(Cc2ccc(CNC(=O)c3ccoc3C)cc2)CC1. The lowest BCUT2D eigenvalue weighted by Gasteiger charge is -2.34. The van der Waals surface area contributed by atoms with E-state index in [1.165, 1.54) is 5.56 Å². The van der Waals surface area contributed by atoms with E-state index in [9.17, 15) is 4.79 Å². The second-order valence-electron chi connectivity index (χ2n) is 6.60. The maximum atomic E-state index is 12.1. The summed E-state index contributed by atoms with van der Waals surface area (Å²) >= 11 is 0. The van der Waals surface area contributed by atoms with Gasteiger partial charge in [-0.2, -0.15) is 0 Å². The maximum absolute atomic E-state index is 12.1. The number of hydrogen-bond donors (Lipinski definition) is 1. The quantitative estimate of drug-likeness (QED) is 0.878. The van der Waals surface area contributed by atoms with E-state index in [1.54, 1.807) is 19.3 Å². The first-order chi connectivity index (χ1) is 12.2. The van der Waals surface area contributed by atoms with Gasteiger partial charge in [-0.15, -0.1) is 0 Å². The number of hydrogen-bond acceptors (Lipinski definition) is 4. The third-order valence-electron chi connectivity index (χ3n) is 4.90. The fourth-order valence-electron chi connectivity index (χ4n) is 3.18. The third kappa shape index (κ3) is 4.71. The van der Waals surface area contributed by atoms with Crippen LogP contribution in [0, 0.1) is 6.92 Å². The van der Waals surface area contributed by atoms with Crippen LogP contribution in [0.4, 0.5) is 0 Å². The average molecular weight is 341 g/mol. The topological polar surface area (TPSA) is 48.7 Å². The Balaban J connectivity index is 1.47. The van der Waals surface area contributed by atoms with Crippen molar-refractivity contribution in [2.24, 2.45) is 0 Å². The number of carbonyl (C=O) groups is 1. The number of amides is 1. The highest BCUT2D eigenvalue weighted by atomic mass is 16.3. The first-order valence-corrected chi connectivity index (χ1v) is 9.00. The molecule has 1 N–H and O–H groups in total. The monoisotopic (exact) mass is 341 g/mol. The second-order valence-corrected chi connectivity index (χ2v) is 6.60. The number of benzene rings is 1. The first-order valence-electron chi connectivity index (χ1n) is 9.00. The molecule has 2 heterocycles. The summed E-state index contributed by atoms with van der Waals surface area (Å²) in [7, 11) is 0. The summed E-state index contributed by atoms with van der Waals surface area (Å²) in [6.07, 6.45) is 1.54. The van der Waals surface area contributed by atoms with Crippen molar-refractivity contribution >= 4 is 5.91 Å². The smallest absolute Gasteiger partial charge is 0.255 e. The molecule has 1 aliphatic rings. The fraction of sp³-hybridized carbons (Fsp3) is 0.450. The normalized spacial score (nSPS) is 16.1. The van der Waals surface area contributed by atoms with Crippen LogP contribution in [0.2, 0.25) is 0 Å². The molecule has 5 nitrogen and oxygen atoms in total. The lowest BCUT2D eigenvalue weighted by Crippen LogP contribution is -2.45. The van der Waals surface area contributed by atoms with Gasteiger partial charge in [0, 0.05) is 39.3 Å². The number of nitrogens with zero attached hydrogens (tertiary/aromatic N) is 2. The first kappa shape index (κ1) is 17.7. The van der Waals surface area contributed by atoms with Gasteiger partial charge in [0.25, 0.3) is 5.91 Å². The van der Waals surface area contributed by atoms with E-state index in [1.807, 2.05) is 0 Å². The molecule has 0 bridgehead atoms. The molecule has 1 fully saturated rings. The van der Waals surface area contributed by atoms with Gasteiger partial charge in [-0.25, -0.2) is 0 Å². The van der Waals surface area contributed by atoms with Crippen molar-refractivity contribution in [3.63, 3.8) is 0 Å². The van der Waals surface area contributed by atoms with Crippen LogP contribution in [-0.4, -0.2) is 48.4 Å². The van der Waals surface area contributed by atoms with Crippen LogP contribution in [0.5, 0.6) is 0 Å². The van der Waals surface area contributed by atoms with Crippen molar-refractivity contribution in [1.29, 1.82) is 0 Å². The van der Waals surface area contributed by atoms with Crippen molar-refractivity contribution in [3.8, 4) is 0 Å². The van der Waals surface area contributed by atoms with Crippen LogP contribution in [0.15, 0.2) is 41.0 Å². The molecule has 134 valence electrons. The molecule has 5 heteroatoms. The molecule has 1 saturated heterocycles. The number of likely N-dealkylation sites (N-methyl/N-ethyl adjacent to an activating group) is 1. The predicted molar refractivity (Wildman–Crippen MR) is 98.4 cm³/mol. The minimum atomic E-state index is -0.0934. The Morgan fingerprint density at radius 1 is 1.04 bits per heavy atom. The molecule has 0 saturated carbocycles.